The van der Waals surface area contributed by atoms with Gasteiger partial charge in [-0.15, -0.1) is 12.4 Å². The Morgan fingerprint density at radius 2 is 2.11 bits per heavy atom. The Labute approximate surface area is 114 Å². The summed E-state index contributed by atoms with van der Waals surface area (Å²) in [7, 11) is 1.66. The van der Waals surface area contributed by atoms with Crippen molar-refractivity contribution in [1.82, 2.24) is 4.90 Å². The normalized spacial score (nSPS) is 20.2. The van der Waals surface area contributed by atoms with E-state index >= 15 is 0 Å². The number of β-amino-alcohol motifs (C(OH)–C–C–N with tert-alkyl or cyclic N) is 1. The SMILES string of the molecule is COc1ccc(C2CN(CCO)CCO2)cc1.Cl. The Morgan fingerprint density at radius 3 is 2.72 bits per heavy atom. The highest BCUT2D eigenvalue weighted by Gasteiger charge is 2.21. The van der Waals surface area contributed by atoms with Crippen molar-refractivity contribution in [3.63, 3.8) is 0 Å². The van der Waals surface area contributed by atoms with Crippen LogP contribution in [-0.2, 0) is 4.74 Å². The standard InChI is InChI=1S/C13H19NO3.ClH/c1-16-12-4-2-11(3-5-12)13-10-14(6-8-15)7-9-17-13;/h2-5,13,15H,6-10H2,1H3;1H. The van der Waals surface area contributed by atoms with Crippen LogP contribution in [0.1, 0.15) is 11.7 Å². The van der Waals surface area contributed by atoms with Gasteiger partial charge in [-0.25, -0.2) is 0 Å². The zero-order valence-corrected chi connectivity index (χ0v) is 11.4. The number of nitrogens with zero attached hydrogens (tertiary/aromatic N) is 1. The van der Waals surface area contributed by atoms with Crippen molar-refractivity contribution in [2.24, 2.45) is 0 Å². The molecule has 18 heavy (non-hydrogen) atoms. The summed E-state index contributed by atoms with van der Waals surface area (Å²) in [6.07, 6.45) is 0.0983. The molecule has 0 amide bonds. The van der Waals surface area contributed by atoms with Crippen LogP contribution in [0.2, 0.25) is 0 Å². The molecule has 1 aliphatic rings. The monoisotopic (exact) mass is 273 g/mol. The minimum Gasteiger partial charge on any atom is -0.497 e. The summed E-state index contributed by atoms with van der Waals surface area (Å²) in [5, 5.41) is 8.94. The van der Waals surface area contributed by atoms with Crippen molar-refractivity contribution in [2.75, 3.05) is 40.0 Å². The maximum absolute atomic E-state index is 8.94. The second-order valence-electron chi connectivity index (χ2n) is 4.16. The molecule has 0 aliphatic carbocycles. The lowest BCUT2D eigenvalue weighted by Crippen LogP contribution is -2.39. The van der Waals surface area contributed by atoms with Crippen LogP contribution in [0, 0.1) is 0 Å². The number of aliphatic hydroxyl groups is 1. The molecular weight excluding hydrogens is 254 g/mol. The Hall–Kier alpha value is -0.810. The van der Waals surface area contributed by atoms with Crippen LogP contribution in [0.5, 0.6) is 5.75 Å². The highest BCUT2D eigenvalue weighted by atomic mass is 35.5. The van der Waals surface area contributed by atoms with Crippen LogP contribution in [0.3, 0.4) is 0 Å². The van der Waals surface area contributed by atoms with E-state index in [1.54, 1.807) is 7.11 Å². The zero-order valence-electron chi connectivity index (χ0n) is 10.5. The van der Waals surface area contributed by atoms with Gasteiger partial charge in [-0.1, -0.05) is 12.1 Å². The summed E-state index contributed by atoms with van der Waals surface area (Å²) in [4.78, 5) is 2.22. The number of morpholine rings is 1. The number of rotatable bonds is 4. The summed E-state index contributed by atoms with van der Waals surface area (Å²) >= 11 is 0. The highest BCUT2D eigenvalue weighted by molar-refractivity contribution is 5.85. The van der Waals surface area contributed by atoms with Crippen molar-refractivity contribution >= 4 is 12.4 Å². The summed E-state index contributed by atoms with van der Waals surface area (Å²) in [6, 6.07) is 7.96. The van der Waals surface area contributed by atoms with Crippen molar-refractivity contribution in [2.45, 2.75) is 6.10 Å². The van der Waals surface area contributed by atoms with E-state index < -0.39 is 0 Å². The van der Waals surface area contributed by atoms with Gasteiger partial charge in [0.1, 0.15) is 5.75 Å². The van der Waals surface area contributed by atoms with Gasteiger partial charge in [-0.2, -0.15) is 0 Å². The van der Waals surface area contributed by atoms with E-state index in [9.17, 15) is 0 Å². The number of benzene rings is 1. The van der Waals surface area contributed by atoms with Crippen LogP contribution >= 0.6 is 12.4 Å². The summed E-state index contributed by atoms with van der Waals surface area (Å²) in [6.45, 7) is 3.38. The zero-order chi connectivity index (χ0) is 12.1. The predicted molar refractivity (Wildman–Crippen MR) is 72.5 cm³/mol. The molecule has 102 valence electrons. The third-order valence-corrected chi connectivity index (χ3v) is 3.05. The first-order valence-corrected chi connectivity index (χ1v) is 5.92. The average molecular weight is 274 g/mol. The van der Waals surface area contributed by atoms with Gasteiger partial charge in [0.15, 0.2) is 0 Å². The van der Waals surface area contributed by atoms with Crippen molar-refractivity contribution in [1.29, 1.82) is 0 Å². The van der Waals surface area contributed by atoms with Crippen molar-refractivity contribution < 1.29 is 14.6 Å². The summed E-state index contributed by atoms with van der Waals surface area (Å²) in [5.74, 6) is 0.858. The third-order valence-electron chi connectivity index (χ3n) is 3.05. The first-order valence-electron chi connectivity index (χ1n) is 5.92. The minimum absolute atomic E-state index is 0. The number of halogens is 1. The number of methoxy groups -OCH3 is 1. The fourth-order valence-corrected chi connectivity index (χ4v) is 2.07. The molecule has 0 bridgehead atoms. The van der Waals surface area contributed by atoms with E-state index in [0.717, 1.165) is 37.6 Å². The molecule has 1 aromatic carbocycles. The van der Waals surface area contributed by atoms with E-state index in [1.165, 1.54) is 0 Å². The lowest BCUT2D eigenvalue weighted by Gasteiger charge is -2.32. The molecule has 0 radical (unpaired) electrons. The molecule has 1 unspecified atom stereocenters. The van der Waals surface area contributed by atoms with E-state index in [2.05, 4.69) is 4.90 Å². The van der Waals surface area contributed by atoms with Gasteiger partial charge in [-0.3, -0.25) is 4.90 Å². The van der Waals surface area contributed by atoms with Gasteiger partial charge in [0.05, 0.1) is 26.4 Å². The van der Waals surface area contributed by atoms with Crippen molar-refractivity contribution in [3.05, 3.63) is 29.8 Å². The van der Waals surface area contributed by atoms with Gasteiger partial charge in [0.2, 0.25) is 0 Å². The molecule has 1 aliphatic heterocycles. The second-order valence-corrected chi connectivity index (χ2v) is 4.16. The number of hydrogen-bond acceptors (Lipinski definition) is 4. The first-order chi connectivity index (χ1) is 8.33. The Balaban J connectivity index is 0.00000162. The fourth-order valence-electron chi connectivity index (χ4n) is 2.07. The average Bonchev–Trinajstić information content (AvgIpc) is 2.40. The molecule has 1 saturated heterocycles. The van der Waals surface area contributed by atoms with E-state index in [0.29, 0.717) is 0 Å². The lowest BCUT2D eigenvalue weighted by molar-refractivity contribution is -0.0337. The third kappa shape index (κ3) is 3.85. The Bertz CT molecular complexity index is 343. The van der Waals surface area contributed by atoms with E-state index in [1.807, 2.05) is 24.3 Å². The number of ether oxygens (including phenoxy) is 2. The molecule has 1 heterocycles. The topological polar surface area (TPSA) is 41.9 Å². The molecule has 5 heteroatoms. The predicted octanol–water partition coefficient (Wildman–Crippen LogP) is 1.48. The van der Waals surface area contributed by atoms with Crippen LogP contribution in [-0.4, -0.2) is 50.0 Å². The van der Waals surface area contributed by atoms with E-state index in [4.69, 9.17) is 14.6 Å². The maximum Gasteiger partial charge on any atom is 0.118 e. The van der Waals surface area contributed by atoms with Gasteiger partial charge in [0.25, 0.3) is 0 Å². The first kappa shape index (κ1) is 15.2. The largest absolute Gasteiger partial charge is 0.497 e. The molecule has 0 aromatic heterocycles. The molecular formula is C13H20ClNO3. The van der Waals surface area contributed by atoms with Crippen LogP contribution in [0.15, 0.2) is 24.3 Å². The minimum atomic E-state index is 0. The Kier molecular flexibility index (Phi) is 6.43. The van der Waals surface area contributed by atoms with Crippen LogP contribution < -0.4 is 4.74 Å². The molecule has 0 saturated carbocycles. The van der Waals surface area contributed by atoms with Crippen LogP contribution in [0.25, 0.3) is 0 Å². The highest BCUT2D eigenvalue weighted by Crippen LogP contribution is 2.23. The summed E-state index contributed by atoms with van der Waals surface area (Å²) in [5.41, 5.74) is 1.16. The quantitative estimate of drug-likeness (QED) is 0.902. The molecule has 0 spiro atoms. The van der Waals surface area contributed by atoms with Gasteiger partial charge >= 0.3 is 0 Å². The Morgan fingerprint density at radius 1 is 1.39 bits per heavy atom. The molecule has 4 nitrogen and oxygen atoms in total. The number of aliphatic hydroxyl groups excluding tert-OH is 1. The number of hydrogen-bond donors (Lipinski definition) is 1. The van der Waals surface area contributed by atoms with E-state index in [-0.39, 0.29) is 25.1 Å². The molecule has 1 atom stereocenters. The second kappa shape index (κ2) is 7.59. The fraction of sp³-hybridized carbons (Fsp3) is 0.538. The summed E-state index contributed by atoms with van der Waals surface area (Å²) < 4.78 is 10.9. The molecule has 1 fully saturated rings. The lowest BCUT2D eigenvalue weighted by atomic mass is 10.1. The maximum atomic E-state index is 8.94. The van der Waals surface area contributed by atoms with Crippen molar-refractivity contribution in [3.8, 4) is 5.75 Å². The van der Waals surface area contributed by atoms with Gasteiger partial charge < -0.3 is 14.6 Å². The van der Waals surface area contributed by atoms with Crippen LogP contribution in [0.4, 0.5) is 0 Å². The molecule has 1 aromatic rings. The molecule has 1 N–H and O–H groups in total. The molecule has 2 rings (SSSR count). The smallest absolute Gasteiger partial charge is 0.118 e. The van der Waals surface area contributed by atoms with Gasteiger partial charge in [-0.05, 0) is 17.7 Å². The van der Waals surface area contributed by atoms with Gasteiger partial charge in [0, 0.05) is 19.6 Å².